The molecule has 1 aliphatic heterocycles. The predicted molar refractivity (Wildman–Crippen MR) is 120 cm³/mol. The summed E-state index contributed by atoms with van der Waals surface area (Å²) in [5.74, 6) is 0.752. The summed E-state index contributed by atoms with van der Waals surface area (Å²) in [5, 5.41) is 4.12. The first-order chi connectivity index (χ1) is 14.4. The Labute approximate surface area is 185 Å². The van der Waals surface area contributed by atoms with Gasteiger partial charge in [0, 0.05) is 42.5 Å². The van der Waals surface area contributed by atoms with Gasteiger partial charge in [0.05, 0.1) is 28.0 Å². The molecule has 1 fully saturated rings. The lowest BCUT2D eigenvalue weighted by Crippen LogP contribution is -2.60. The fraction of sp³-hybridized carbons (Fsp3) is 0.273. The van der Waals surface area contributed by atoms with E-state index in [0.29, 0.717) is 34.5 Å². The third-order valence-electron chi connectivity index (χ3n) is 4.99. The zero-order valence-electron chi connectivity index (χ0n) is 16.6. The monoisotopic (exact) mass is 441 g/mol. The largest absolute Gasteiger partial charge is 0.351 e. The van der Waals surface area contributed by atoms with E-state index in [1.54, 1.807) is 18.6 Å². The Bertz CT molecular complexity index is 1080. The van der Waals surface area contributed by atoms with Gasteiger partial charge in [-0.1, -0.05) is 55.2 Å². The summed E-state index contributed by atoms with van der Waals surface area (Å²) in [5.41, 5.74) is 2.82. The zero-order chi connectivity index (χ0) is 21.3. The molecule has 2 aromatic heterocycles. The molecular weight excluding hydrogens is 421 g/mol. The molecule has 0 spiro atoms. The van der Waals surface area contributed by atoms with E-state index in [-0.39, 0.29) is 17.9 Å². The molecule has 154 valence electrons. The highest BCUT2D eigenvalue weighted by Crippen LogP contribution is 2.37. The minimum absolute atomic E-state index is 0.0332. The summed E-state index contributed by atoms with van der Waals surface area (Å²) in [6.45, 7) is 5.13. The molecule has 0 radical (unpaired) electrons. The predicted octanol–water partition coefficient (Wildman–Crippen LogP) is 4.47. The molecule has 3 heterocycles. The number of aromatic nitrogens is 3. The van der Waals surface area contributed by atoms with Crippen LogP contribution in [0.5, 0.6) is 0 Å². The Morgan fingerprint density at radius 3 is 2.50 bits per heavy atom. The van der Waals surface area contributed by atoms with E-state index in [0.717, 1.165) is 16.9 Å². The number of hydrogen-bond donors (Lipinski definition) is 1. The number of nitrogens with one attached hydrogen (secondary N) is 1. The van der Waals surface area contributed by atoms with Crippen LogP contribution in [0.3, 0.4) is 0 Å². The Kier molecular flexibility index (Phi) is 5.88. The van der Waals surface area contributed by atoms with Crippen molar-refractivity contribution >= 4 is 34.9 Å². The number of benzene rings is 1. The van der Waals surface area contributed by atoms with Crippen molar-refractivity contribution in [1.29, 1.82) is 0 Å². The molecule has 1 saturated heterocycles. The van der Waals surface area contributed by atoms with Gasteiger partial charge in [0.15, 0.2) is 0 Å². The second-order valence-corrected chi connectivity index (χ2v) is 8.34. The van der Waals surface area contributed by atoms with Gasteiger partial charge in [-0.3, -0.25) is 14.8 Å². The number of nitrogens with zero attached hydrogens (tertiary/aromatic N) is 4. The summed E-state index contributed by atoms with van der Waals surface area (Å²) >= 11 is 12.9. The second kappa shape index (κ2) is 8.58. The third kappa shape index (κ3) is 4.11. The van der Waals surface area contributed by atoms with Crippen LogP contribution in [0.4, 0.5) is 5.82 Å². The molecule has 1 N–H and O–H groups in total. The minimum atomic E-state index is -0.0332. The lowest BCUT2D eigenvalue weighted by Gasteiger charge is -2.40. The molecule has 6 nitrogen and oxygen atoms in total. The van der Waals surface area contributed by atoms with Crippen molar-refractivity contribution in [3.8, 4) is 22.5 Å². The van der Waals surface area contributed by atoms with E-state index >= 15 is 0 Å². The molecule has 0 atom stereocenters. The van der Waals surface area contributed by atoms with Gasteiger partial charge < -0.3 is 10.2 Å². The van der Waals surface area contributed by atoms with Crippen LogP contribution >= 0.6 is 23.2 Å². The van der Waals surface area contributed by atoms with Gasteiger partial charge >= 0.3 is 0 Å². The van der Waals surface area contributed by atoms with E-state index in [4.69, 9.17) is 28.2 Å². The maximum Gasteiger partial charge on any atom is 0.222 e. The van der Waals surface area contributed by atoms with Gasteiger partial charge in [0.2, 0.25) is 5.91 Å². The first-order valence-electron chi connectivity index (χ1n) is 9.71. The highest BCUT2D eigenvalue weighted by atomic mass is 35.5. The number of carbonyl (C=O) groups is 1. The fourth-order valence-electron chi connectivity index (χ4n) is 3.26. The lowest BCUT2D eigenvalue weighted by atomic mass is 10.0. The molecule has 1 aromatic carbocycles. The molecule has 8 heteroatoms. The van der Waals surface area contributed by atoms with Gasteiger partial charge in [-0.25, -0.2) is 4.98 Å². The van der Waals surface area contributed by atoms with Crippen LogP contribution in [0, 0.1) is 5.92 Å². The van der Waals surface area contributed by atoms with Crippen molar-refractivity contribution in [2.24, 2.45) is 5.92 Å². The number of amides is 1. The van der Waals surface area contributed by atoms with E-state index in [1.165, 1.54) is 0 Å². The van der Waals surface area contributed by atoms with Crippen molar-refractivity contribution in [1.82, 2.24) is 20.3 Å². The van der Waals surface area contributed by atoms with Crippen molar-refractivity contribution < 1.29 is 4.79 Å². The number of anilines is 1. The molecular formula is C22H21Cl2N5O. The molecule has 0 saturated carbocycles. The molecule has 0 bridgehead atoms. The maximum atomic E-state index is 11.9. The number of pyridine rings is 1. The summed E-state index contributed by atoms with van der Waals surface area (Å²) in [4.78, 5) is 27.6. The summed E-state index contributed by atoms with van der Waals surface area (Å²) in [7, 11) is 0. The van der Waals surface area contributed by atoms with Crippen LogP contribution < -0.4 is 10.2 Å². The molecule has 3 aromatic rings. The van der Waals surface area contributed by atoms with E-state index in [1.807, 2.05) is 44.2 Å². The lowest BCUT2D eigenvalue weighted by molar-refractivity contribution is -0.124. The van der Waals surface area contributed by atoms with Crippen molar-refractivity contribution in [3.05, 3.63) is 59.0 Å². The van der Waals surface area contributed by atoms with Crippen molar-refractivity contribution in [2.45, 2.75) is 19.9 Å². The average molecular weight is 442 g/mol. The van der Waals surface area contributed by atoms with Crippen molar-refractivity contribution in [3.63, 3.8) is 0 Å². The van der Waals surface area contributed by atoms with E-state index in [2.05, 4.69) is 20.2 Å². The zero-order valence-corrected chi connectivity index (χ0v) is 18.2. The van der Waals surface area contributed by atoms with Gasteiger partial charge in [0.25, 0.3) is 0 Å². The number of rotatable bonds is 5. The number of halogens is 2. The van der Waals surface area contributed by atoms with Gasteiger partial charge in [0.1, 0.15) is 11.5 Å². The van der Waals surface area contributed by atoms with Gasteiger partial charge in [-0.15, -0.1) is 0 Å². The molecule has 4 rings (SSSR count). The Morgan fingerprint density at radius 1 is 1.07 bits per heavy atom. The van der Waals surface area contributed by atoms with Crippen LogP contribution in [-0.4, -0.2) is 40.0 Å². The van der Waals surface area contributed by atoms with Crippen LogP contribution in [0.15, 0.2) is 48.9 Å². The van der Waals surface area contributed by atoms with Crippen LogP contribution in [0.1, 0.15) is 13.8 Å². The summed E-state index contributed by atoms with van der Waals surface area (Å²) in [6, 6.07) is 9.44. The standard InChI is InChI=1S/C22H21Cl2N5O/c1-13(2)22(30)27-14-11-29(12-14)19-10-26-20(15-5-3-4-6-17(15)23)21(28-19)16-7-8-25-9-18(16)24/h3-10,13-14H,11-12H2,1-2H3,(H,27,30). The quantitative estimate of drug-likeness (QED) is 0.631. The summed E-state index contributed by atoms with van der Waals surface area (Å²) < 4.78 is 0. The molecule has 0 aliphatic carbocycles. The number of hydrogen-bond acceptors (Lipinski definition) is 5. The second-order valence-electron chi connectivity index (χ2n) is 7.53. The molecule has 30 heavy (non-hydrogen) atoms. The van der Waals surface area contributed by atoms with E-state index in [9.17, 15) is 4.79 Å². The van der Waals surface area contributed by atoms with Gasteiger partial charge in [-0.05, 0) is 12.1 Å². The normalized spacial score (nSPS) is 14.0. The smallest absolute Gasteiger partial charge is 0.222 e. The maximum absolute atomic E-state index is 11.9. The average Bonchev–Trinajstić information content (AvgIpc) is 2.70. The fourth-order valence-corrected chi connectivity index (χ4v) is 3.70. The van der Waals surface area contributed by atoms with Gasteiger partial charge in [-0.2, -0.15) is 0 Å². The van der Waals surface area contributed by atoms with Crippen LogP contribution in [-0.2, 0) is 4.79 Å². The topological polar surface area (TPSA) is 71.0 Å². The number of carbonyl (C=O) groups excluding carboxylic acids is 1. The first-order valence-corrected chi connectivity index (χ1v) is 10.5. The third-order valence-corrected chi connectivity index (χ3v) is 5.62. The highest BCUT2D eigenvalue weighted by molar-refractivity contribution is 6.34. The minimum Gasteiger partial charge on any atom is -0.351 e. The van der Waals surface area contributed by atoms with Crippen molar-refractivity contribution in [2.75, 3.05) is 18.0 Å². The molecule has 1 aliphatic rings. The Morgan fingerprint density at radius 2 is 1.80 bits per heavy atom. The molecule has 0 unspecified atom stereocenters. The molecule has 1 amide bonds. The van der Waals surface area contributed by atoms with E-state index < -0.39 is 0 Å². The SMILES string of the molecule is CC(C)C(=O)NC1CN(c2cnc(-c3ccccc3Cl)c(-c3ccncc3Cl)n2)C1. The summed E-state index contributed by atoms with van der Waals surface area (Å²) in [6.07, 6.45) is 4.99. The van der Waals surface area contributed by atoms with Crippen LogP contribution in [0.25, 0.3) is 22.5 Å². The Balaban J connectivity index is 1.67. The first kappa shape index (κ1) is 20.6. The Hall–Kier alpha value is -2.70. The highest BCUT2D eigenvalue weighted by Gasteiger charge is 2.30. The van der Waals surface area contributed by atoms with Crippen LogP contribution in [0.2, 0.25) is 10.0 Å².